The van der Waals surface area contributed by atoms with E-state index >= 15 is 0 Å². The molecule has 0 amide bonds. The second kappa shape index (κ2) is 3.55. The molecule has 78 valence electrons. The summed E-state index contributed by atoms with van der Waals surface area (Å²) in [5, 5.41) is 0.324. The van der Waals surface area contributed by atoms with E-state index in [4.69, 9.17) is 31.2 Å². The first-order valence-electron chi connectivity index (χ1n) is 4.42. The maximum Gasteiger partial charge on any atom is 0.225 e. The molecule has 0 bridgehead atoms. The van der Waals surface area contributed by atoms with Crippen molar-refractivity contribution in [2.24, 2.45) is 5.73 Å². The number of hydrogen-bond acceptors (Lipinski definition) is 4. The molecular weight excluding hydrogens is 206 g/mol. The van der Waals surface area contributed by atoms with Crippen LogP contribution in [0.2, 0.25) is 5.22 Å². The van der Waals surface area contributed by atoms with Crippen molar-refractivity contribution in [3.63, 3.8) is 0 Å². The summed E-state index contributed by atoms with van der Waals surface area (Å²) in [5.41, 5.74) is 5.48. The molecule has 2 heterocycles. The van der Waals surface area contributed by atoms with Gasteiger partial charge in [0.1, 0.15) is 0 Å². The third-order valence-corrected chi connectivity index (χ3v) is 2.42. The van der Waals surface area contributed by atoms with Gasteiger partial charge >= 0.3 is 0 Å². The minimum atomic E-state index is -0.850. The first-order chi connectivity index (χ1) is 6.64. The van der Waals surface area contributed by atoms with Crippen LogP contribution in [0.4, 0.5) is 0 Å². The number of rotatable bonds is 2. The van der Waals surface area contributed by atoms with Crippen molar-refractivity contribution in [1.29, 1.82) is 0 Å². The Morgan fingerprint density at radius 3 is 2.93 bits per heavy atom. The lowest BCUT2D eigenvalue weighted by Crippen LogP contribution is -2.26. The van der Waals surface area contributed by atoms with Crippen LogP contribution in [0, 0.1) is 0 Å². The minimum Gasteiger partial charge on any atom is -0.444 e. The Hall–Kier alpha value is -0.550. The maximum atomic E-state index is 5.67. The molecule has 2 N–H and O–H groups in total. The van der Waals surface area contributed by atoms with Gasteiger partial charge in [0.15, 0.2) is 11.0 Å². The Bertz CT molecular complexity index is 328. The Labute approximate surface area is 86.9 Å². The molecule has 2 unspecified atom stereocenters. The second-order valence-corrected chi connectivity index (χ2v) is 3.71. The Kier molecular flexibility index (Phi) is 2.53. The number of nitrogens with two attached hydrogens (primary N) is 1. The van der Waals surface area contributed by atoms with Crippen LogP contribution in [-0.4, -0.2) is 19.3 Å². The van der Waals surface area contributed by atoms with Crippen LogP contribution in [0.1, 0.15) is 12.7 Å². The third-order valence-electron chi connectivity index (χ3n) is 2.22. The molecule has 1 aromatic heterocycles. The SMILES string of the molecule is CC1(c2ccc(Cl)o2)OCC(CN)O1. The van der Waals surface area contributed by atoms with Gasteiger partial charge in [-0.3, -0.25) is 0 Å². The highest BCUT2D eigenvalue weighted by Gasteiger charge is 2.40. The Morgan fingerprint density at radius 2 is 2.43 bits per heavy atom. The molecule has 5 heteroatoms. The van der Waals surface area contributed by atoms with E-state index in [9.17, 15) is 0 Å². The van der Waals surface area contributed by atoms with E-state index in [1.807, 2.05) is 0 Å². The van der Waals surface area contributed by atoms with Crippen molar-refractivity contribution < 1.29 is 13.9 Å². The number of ether oxygens (including phenoxy) is 2. The molecule has 1 aliphatic heterocycles. The molecule has 1 aliphatic rings. The molecule has 14 heavy (non-hydrogen) atoms. The number of halogens is 1. The van der Waals surface area contributed by atoms with Gasteiger partial charge in [0.2, 0.25) is 5.79 Å². The lowest BCUT2D eigenvalue weighted by molar-refractivity contribution is -0.173. The first kappa shape index (κ1) is 9.98. The molecular formula is C9H12ClNO3. The van der Waals surface area contributed by atoms with Gasteiger partial charge in [-0.1, -0.05) is 0 Å². The predicted octanol–water partition coefficient (Wildman–Crippen LogP) is 1.48. The van der Waals surface area contributed by atoms with E-state index in [1.165, 1.54) is 0 Å². The molecule has 1 fully saturated rings. The molecule has 2 atom stereocenters. The van der Waals surface area contributed by atoms with E-state index in [0.717, 1.165) is 0 Å². The van der Waals surface area contributed by atoms with Crippen molar-refractivity contribution in [2.45, 2.75) is 18.8 Å². The normalized spacial score (nSPS) is 32.4. The third kappa shape index (κ3) is 1.66. The lowest BCUT2D eigenvalue weighted by atomic mass is 10.2. The highest BCUT2D eigenvalue weighted by molar-refractivity contribution is 6.28. The lowest BCUT2D eigenvalue weighted by Gasteiger charge is -2.20. The average Bonchev–Trinajstić information content (AvgIpc) is 2.73. The maximum absolute atomic E-state index is 5.67. The van der Waals surface area contributed by atoms with Gasteiger partial charge in [0.05, 0.1) is 12.7 Å². The highest BCUT2D eigenvalue weighted by Crippen LogP contribution is 2.35. The molecule has 0 saturated carbocycles. The summed E-state index contributed by atoms with van der Waals surface area (Å²) in [7, 11) is 0. The summed E-state index contributed by atoms with van der Waals surface area (Å²) in [6, 6.07) is 3.39. The van der Waals surface area contributed by atoms with Crippen LogP contribution in [0.5, 0.6) is 0 Å². The van der Waals surface area contributed by atoms with Gasteiger partial charge in [0.25, 0.3) is 0 Å². The summed E-state index contributed by atoms with van der Waals surface area (Å²) in [4.78, 5) is 0. The quantitative estimate of drug-likeness (QED) is 0.815. The zero-order chi connectivity index (χ0) is 10.2. The summed E-state index contributed by atoms with van der Waals surface area (Å²) < 4.78 is 16.3. The number of furan rings is 1. The van der Waals surface area contributed by atoms with E-state index in [-0.39, 0.29) is 6.10 Å². The fourth-order valence-corrected chi connectivity index (χ4v) is 1.59. The fraction of sp³-hybridized carbons (Fsp3) is 0.556. The second-order valence-electron chi connectivity index (χ2n) is 3.34. The fourth-order valence-electron chi connectivity index (χ4n) is 1.44. The van der Waals surface area contributed by atoms with Gasteiger partial charge < -0.3 is 19.6 Å². The van der Waals surface area contributed by atoms with Gasteiger partial charge in [-0.15, -0.1) is 0 Å². The van der Waals surface area contributed by atoms with Crippen molar-refractivity contribution in [2.75, 3.05) is 13.2 Å². The molecule has 0 radical (unpaired) electrons. The largest absolute Gasteiger partial charge is 0.444 e. The molecule has 0 spiro atoms. The standard InChI is InChI=1S/C9H12ClNO3/c1-9(7-2-3-8(10)13-7)12-5-6(4-11)14-9/h2-3,6H,4-5,11H2,1H3. The molecule has 1 aromatic rings. The molecule has 0 aromatic carbocycles. The molecule has 2 rings (SSSR count). The Morgan fingerprint density at radius 1 is 1.64 bits per heavy atom. The Balaban J connectivity index is 2.18. The summed E-state index contributed by atoms with van der Waals surface area (Å²) >= 11 is 5.67. The van der Waals surface area contributed by atoms with Crippen molar-refractivity contribution >= 4 is 11.6 Å². The summed E-state index contributed by atoms with van der Waals surface area (Å²) in [6.45, 7) is 2.70. The van der Waals surface area contributed by atoms with Crippen molar-refractivity contribution in [1.82, 2.24) is 0 Å². The molecule has 4 nitrogen and oxygen atoms in total. The molecule has 0 aliphatic carbocycles. The van der Waals surface area contributed by atoms with Crippen LogP contribution in [-0.2, 0) is 15.3 Å². The van der Waals surface area contributed by atoms with Crippen molar-refractivity contribution in [3.8, 4) is 0 Å². The zero-order valence-corrected chi connectivity index (χ0v) is 8.58. The summed E-state index contributed by atoms with van der Waals surface area (Å²) in [6.07, 6.45) is -0.0797. The highest BCUT2D eigenvalue weighted by atomic mass is 35.5. The monoisotopic (exact) mass is 217 g/mol. The van der Waals surface area contributed by atoms with Crippen LogP contribution < -0.4 is 5.73 Å². The van der Waals surface area contributed by atoms with Gasteiger partial charge in [-0.05, 0) is 30.7 Å². The van der Waals surface area contributed by atoms with Crippen LogP contribution in [0.25, 0.3) is 0 Å². The van der Waals surface area contributed by atoms with Gasteiger partial charge in [-0.25, -0.2) is 0 Å². The van der Waals surface area contributed by atoms with E-state index < -0.39 is 5.79 Å². The van der Waals surface area contributed by atoms with Crippen LogP contribution >= 0.6 is 11.6 Å². The number of hydrogen-bond donors (Lipinski definition) is 1. The van der Waals surface area contributed by atoms with Crippen LogP contribution in [0.3, 0.4) is 0 Å². The van der Waals surface area contributed by atoms with Crippen molar-refractivity contribution in [3.05, 3.63) is 23.1 Å². The van der Waals surface area contributed by atoms with Crippen LogP contribution in [0.15, 0.2) is 16.5 Å². The van der Waals surface area contributed by atoms with E-state index in [1.54, 1.807) is 19.1 Å². The predicted molar refractivity (Wildman–Crippen MR) is 50.9 cm³/mol. The average molecular weight is 218 g/mol. The van der Waals surface area contributed by atoms with Gasteiger partial charge in [0, 0.05) is 6.54 Å². The summed E-state index contributed by atoms with van der Waals surface area (Å²) in [5.74, 6) is -0.282. The van der Waals surface area contributed by atoms with E-state index in [0.29, 0.717) is 24.1 Å². The van der Waals surface area contributed by atoms with Gasteiger partial charge in [-0.2, -0.15) is 0 Å². The topological polar surface area (TPSA) is 57.6 Å². The first-order valence-corrected chi connectivity index (χ1v) is 4.79. The molecule has 1 saturated heterocycles. The smallest absolute Gasteiger partial charge is 0.225 e. The zero-order valence-electron chi connectivity index (χ0n) is 7.83. The minimum absolute atomic E-state index is 0.0797. The van der Waals surface area contributed by atoms with E-state index in [2.05, 4.69) is 0 Å².